The molecule has 0 N–H and O–H groups in total. The molecule has 1 aromatic carbocycles. The maximum absolute atomic E-state index is 13.0. The Kier molecular flexibility index (Phi) is 5.64. The third kappa shape index (κ3) is 4.53. The minimum absolute atomic E-state index is 0.00465. The van der Waals surface area contributed by atoms with Gasteiger partial charge in [0.2, 0.25) is 0 Å². The maximum atomic E-state index is 13.0. The van der Waals surface area contributed by atoms with Crippen LogP contribution in [0.2, 0.25) is 0 Å². The normalized spacial score (nSPS) is 15.2. The summed E-state index contributed by atoms with van der Waals surface area (Å²) in [4.78, 5) is 28.1. The first kappa shape index (κ1) is 20.3. The zero-order chi connectivity index (χ0) is 21.9. The molecular weight excluding hydrogens is 404 g/mol. The van der Waals surface area contributed by atoms with Gasteiger partial charge in [0, 0.05) is 41.5 Å². The zero-order valence-corrected chi connectivity index (χ0v) is 17.9. The number of carbonyl (C=O) groups is 1. The number of hydrogen-bond donors (Lipinski definition) is 0. The summed E-state index contributed by atoms with van der Waals surface area (Å²) in [6.45, 7) is 2.06. The molecule has 3 aromatic heterocycles. The number of Topliss-reactive ketones (excluding diaryl/α,β-unsaturated/α-hetero) is 1. The summed E-state index contributed by atoms with van der Waals surface area (Å²) in [5.41, 5.74) is 2.92. The lowest BCUT2D eigenvalue weighted by atomic mass is 10.0. The lowest BCUT2D eigenvalue weighted by Gasteiger charge is -2.29. The van der Waals surface area contributed by atoms with Crippen LogP contribution in [0, 0.1) is 0 Å². The van der Waals surface area contributed by atoms with Gasteiger partial charge < -0.3 is 14.1 Å². The number of carbonyl (C=O) groups excluding carboxylic acids is 1. The van der Waals surface area contributed by atoms with E-state index in [1.807, 2.05) is 36.4 Å². The number of benzene rings is 1. The minimum Gasteiger partial charge on any atom is -0.490 e. The van der Waals surface area contributed by atoms with Gasteiger partial charge in [-0.3, -0.25) is 14.8 Å². The van der Waals surface area contributed by atoms with E-state index in [4.69, 9.17) is 9.15 Å². The highest BCUT2D eigenvalue weighted by molar-refractivity contribution is 5.98. The van der Waals surface area contributed by atoms with Crippen molar-refractivity contribution in [3.8, 4) is 17.1 Å². The number of aromatic nitrogens is 3. The van der Waals surface area contributed by atoms with Crippen LogP contribution >= 0.6 is 0 Å². The van der Waals surface area contributed by atoms with Gasteiger partial charge in [-0.2, -0.15) is 0 Å². The molecule has 7 nitrogen and oxygen atoms in total. The summed E-state index contributed by atoms with van der Waals surface area (Å²) < 4.78 is 11.5. The molecule has 1 aliphatic rings. The number of pyridine rings is 2. The molecule has 0 bridgehead atoms. The van der Waals surface area contributed by atoms with Crippen molar-refractivity contribution in [2.24, 2.45) is 0 Å². The van der Waals surface area contributed by atoms with Crippen molar-refractivity contribution in [1.29, 1.82) is 0 Å². The van der Waals surface area contributed by atoms with E-state index in [1.54, 1.807) is 18.6 Å². The number of piperidine rings is 1. The Bertz CT molecular complexity index is 1230. The number of nitrogens with zero attached hydrogens (tertiary/aromatic N) is 4. The third-order valence-corrected chi connectivity index (χ3v) is 5.81. The fourth-order valence-electron chi connectivity index (χ4n) is 3.97. The minimum atomic E-state index is 0.00465. The van der Waals surface area contributed by atoms with Crippen LogP contribution in [0.15, 0.2) is 65.8 Å². The van der Waals surface area contributed by atoms with E-state index in [-0.39, 0.29) is 18.3 Å². The number of hydrogen-bond acceptors (Lipinski definition) is 7. The van der Waals surface area contributed by atoms with E-state index in [9.17, 15) is 4.79 Å². The lowest BCUT2D eigenvalue weighted by molar-refractivity contribution is 0.0988. The largest absolute Gasteiger partial charge is 0.490 e. The molecule has 32 heavy (non-hydrogen) atoms. The van der Waals surface area contributed by atoms with Crippen LogP contribution in [0.3, 0.4) is 0 Å². The second-order valence-electron chi connectivity index (χ2n) is 8.21. The van der Waals surface area contributed by atoms with Gasteiger partial charge >= 0.3 is 0 Å². The van der Waals surface area contributed by atoms with E-state index in [2.05, 4.69) is 26.9 Å². The van der Waals surface area contributed by atoms with Gasteiger partial charge in [-0.15, -0.1) is 0 Å². The highest BCUT2D eigenvalue weighted by atomic mass is 16.5. The van der Waals surface area contributed by atoms with Crippen LogP contribution in [0.5, 0.6) is 5.75 Å². The quantitative estimate of drug-likeness (QED) is 0.426. The number of oxazole rings is 1. The van der Waals surface area contributed by atoms with Crippen molar-refractivity contribution >= 4 is 16.7 Å². The molecule has 0 atom stereocenters. The summed E-state index contributed by atoms with van der Waals surface area (Å²) in [7, 11) is 2.13. The average Bonchev–Trinajstić information content (AvgIpc) is 3.35. The van der Waals surface area contributed by atoms with Crippen molar-refractivity contribution in [3.05, 3.63) is 72.6 Å². The first-order valence-electron chi connectivity index (χ1n) is 10.8. The second-order valence-corrected chi connectivity index (χ2v) is 8.21. The van der Waals surface area contributed by atoms with E-state index in [0.717, 1.165) is 48.1 Å². The van der Waals surface area contributed by atoms with Gasteiger partial charge in [-0.05, 0) is 44.2 Å². The fourth-order valence-corrected chi connectivity index (χ4v) is 3.97. The van der Waals surface area contributed by atoms with Gasteiger partial charge in [0.25, 0.3) is 0 Å². The monoisotopic (exact) mass is 428 g/mol. The van der Waals surface area contributed by atoms with Crippen molar-refractivity contribution in [2.45, 2.75) is 25.4 Å². The Balaban J connectivity index is 1.31. The van der Waals surface area contributed by atoms with Crippen molar-refractivity contribution in [1.82, 2.24) is 19.9 Å². The van der Waals surface area contributed by atoms with Crippen LogP contribution in [-0.2, 0) is 6.42 Å². The fraction of sp³-hybridized carbons (Fsp3) is 0.280. The molecule has 1 saturated heterocycles. The highest BCUT2D eigenvalue weighted by Crippen LogP contribution is 2.24. The van der Waals surface area contributed by atoms with Crippen LogP contribution in [0.4, 0.5) is 0 Å². The van der Waals surface area contributed by atoms with Crippen LogP contribution in [0.1, 0.15) is 28.9 Å². The predicted octanol–water partition coefficient (Wildman–Crippen LogP) is 4.18. The average molecular weight is 428 g/mol. The van der Waals surface area contributed by atoms with E-state index >= 15 is 0 Å². The standard InChI is InChI=1S/C25H24N4O3/c1-29-7-5-21(6-8-29)32-22-4-2-3-17(11-22)24(30)12-20-10-18-9-19(25-15-26-16-31-25)13-28-23(18)14-27-20/h2-4,9-11,13-16,21H,5-8,12H2,1H3. The van der Waals surface area contributed by atoms with Gasteiger partial charge in [0.15, 0.2) is 17.9 Å². The smallest absolute Gasteiger partial charge is 0.181 e. The Morgan fingerprint density at radius 3 is 2.81 bits per heavy atom. The first-order valence-corrected chi connectivity index (χ1v) is 10.8. The molecule has 0 unspecified atom stereocenters. The molecule has 1 aliphatic heterocycles. The summed E-state index contributed by atoms with van der Waals surface area (Å²) in [6.07, 6.45) is 8.87. The Morgan fingerprint density at radius 2 is 2.00 bits per heavy atom. The number of rotatable bonds is 6. The lowest BCUT2D eigenvalue weighted by Crippen LogP contribution is -2.35. The highest BCUT2D eigenvalue weighted by Gasteiger charge is 2.18. The number of ether oxygens (including phenoxy) is 1. The van der Waals surface area contributed by atoms with Crippen molar-refractivity contribution < 1.29 is 13.9 Å². The molecule has 7 heteroatoms. The molecule has 0 spiro atoms. The molecule has 0 amide bonds. The Hall–Kier alpha value is -3.58. The van der Waals surface area contributed by atoms with Crippen LogP contribution in [-0.4, -0.2) is 51.9 Å². The Morgan fingerprint density at radius 1 is 1.12 bits per heavy atom. The number of fused-ring (bicyclic) bond motifs is 1. The Labute approximate surface area is 186 Å². The predicted molar refractivity (Wildman–Crippen MR) is 121 cm³/mol. The SMILES string of the molecule is CN1CCC(Oc2cccc(C(=O)Cc3cc4cc(-c5cnco5)cnc4cn3)c2)CC1. The summed E-state index contributed by atoms with van der Waals surface area (Å²) in [5.74, 6) is 1.40. The van der Waals surface area contributed by atoms with Gasteiger partial charge in [0.1, 0.15) is 11.9 Å². The number of ketones is 1. The molecule has 162 valence electrons. The second kappa shape index (κ2) is 8.88. The van der Waals surface area contributed by atoms with Gasteiger partial charge in [-0.1, -0.05) is 12.1 Å². The summed E-state index contributed by atoms with van der Waals surface area (Å²) >= 11 is 0. The topological polar surface area (TPSA) is 81.4 Å². The number of likely N-dealkylation sites (tertiary alicyclic amines) is 1. The molecule has 0 radical (unpaired) electrons. The van der Waals surface area contributed by atoms with Gasteiger partial charge in [0.05, 0.1) is 24.3 Å². The third-order valence-electron chi connectivity index (χ3n) is 5.81. The van der Waals surface area contributed by atoms with Crippen LogP contribution in [0.25, 0.3) is 22.2 Å². The molecule has 0 saturated carbocycles. The molecule has 4 heterocycles. The van der Waals surface area contributed by atoms with Crippen molar-refractivity contribution in [2.75, 3.05) is 20.1 Å². The van der Waals surface area contributed by atoms with E-state index < -0.39 is 0 Å². The van der Waals surface area contributed by atoms with Gasteiger partial charge in [-0.25, -0.2) is 4.98 Å². The summed E-state index contributed by atoms with van der Waals surface area (Å²) in [5, 5.41) is 0.899. The zero-order valence-electron chi connectivity index (χ0n) is 17.9. The van der Waals surface area contributed by atoms with Crippen LogP contribution < -0.4 is 4.74 Å². The van der Waals surface area contributed by atoms with E-state index in [1.165, 1.54) is 6.39 Å². The molecular formula is C25H24N4O3. The maximum Gasteiger partial charge on any atom is 0.181 e. The van der Waals surface area contributed by atoms with E-state index in [0.29, 0.717) is 17.0 Å². The molecule has 5 rings (SSSR count). The molecule has 4 aromatic rings. The molecule has 1 fully saturated rings. The molecule has 0 aliphatic carbocycles. The van der Waals surface area contributed by atoms with Crippen molar-refractivity contribution in [3.63, 3.8) is 0 Å². The first-order chi connectivity index (χ1) is 15.6. The summed E-state index contributed by atoms with van der Waals surface area (Å²) in [6, 6.07) is 11.3.